The molecule has 0 aliphatic heterocycles. The first kappa shape index (κ1) is 14.9. The molecule has 0 spiro atoms. The zero-order valence-electron chi connectivity index (χ0n) is 12.2. The van der Waals surface area contributed by atoms with Gasteiger partial charge in [-0.05, 0) is 23.1 Å². The molecule has 0 heterocycles. The Morgan fingerprint density at radius 3 is 1.95 bits per heavy atom. The van der Waals surface area contributed by atoms with Crippen LogP contribution in [0.25, 0.3) is 0 Å². The van der Waals surface area contributed by atoms with Crippen molar-refractivity contribution in [1.29, 1.82) is 0 Å². The third kappa shape index (κ3) is 2.84. The van der Waals surface area contributed by atoms with Crippen molar-refractivity contribution in [3.63, 3.8) is 0 Å². The van der Waals surface area contributed by atoms with Crippen LogP contribution in [0.3, 0.4) is 0 Å². The highest BCUT2D eigenvalue weighted by atomic mass is 16.3. The molecule has 0 saturated heterocycles. The highest BCUT2D eigenvalue weighted by molar-refractivity contribution is 6.11. The molecule has 0 saturated carbocycles. The molecule has 21 heavy (non-hydrogen) atoms. The van der Waals surface area contributed by atoms with Crippen molar-refractivity contribution in [2.24, 2.45) is 0 Å². The van der Waals surface area contributed by atoms with E-state index in [0.717, 1.165) is 5.56 Å². The Kier molecular flexibility index (Phi) is 3.64. The monoisotopic (exact) mass is 286 g/mol. The van der Waals surface area contributed by atoms with Gasteiger partial charge in [-0.1, -0.05) is 45.0 Å². The molecule has 0 aliphatic carbocycles. The minimum atomic E-state index is -0.688. The van der Waals surface area contributed by atoms with Crippen molar-refractivity contribution in [1.82, 2.24) is 0 Å². The van der Waals surface area contributed by atoms with Gasteiger partial charge in [-0.3, -0.25) is 4.79 Å². The van der Waals surface area contributed by atoms with E-state index in [0.29, 0.717) is 5.56 Å². The number of hydrogen-bond acceptors (Lipinski definition) is 4. The topological polar surface area (TPSA) is 77.8 Å². The molecule has 0 atom stereocenters. The van der Waals surface area contributed by atoms with Gasteiger partial charge in [0.15, 0.2) is 17.3 Å². The third-order valence-corrected chi connectivity index (χ3v) is 3.39. The largest absolute Gasteiger partial charge is 0.504 e. The van der Waals surface area contributed by atoms with Crippen LogP contribution in [-0.4, -0.2) is 21.1 Å². The lowest BCUT2D eigenvalue weighted by Gasteiger charge is -2.19. The van der Waals surface area contributed by atoms with Crippen molar-refractivity contribution in [2.45, 2.75) is 26.2 Å². The zero-order valence-corrected chi connectivity index (χ0v) is 12.2. The number of ketones is 1. The van der Waals surface area contributed by atoms with Crippen molar-refractivity contribution >= 4 is 5.78 Å². The van der Waals surface area contributed by atoms with Crippen molar-refractivity contribution in [3.8, 4) is 17.2 Å². The van der Waals surface area contributed by atoms with E-state index in [1.54, 1.807) is 12.1 Å². The highest BCUT2D eigenvalue weighted by Gasteiger charge is 2.19. The molecule has 4 heteroatoms. The van der Waals surface area contributed by atoms with Crippen LogP contribution in [0.5, 0.6) is 17.2 Å². The van der Waals surface area contributed by atoms with E-state index in [9.17, 15) is 20.1 Å². The van der Waals surface area contributed by atoms with Gasteiger partial charge in [0.2, 0.25) is 5.75 Å². The average molecular weight is 286 g/mol. The predicted octanol–water partition coefficient (Wildman–Crippen LogP) is 3.33. The lowest BCUT2D eigenvalue weighted by molar-refractivity contribution is 0.103. The molecule has 0 amide bonds. The Bertz CT molecular complexity index is 679. The molecular weight excluding hydrogens is 268 g/mol. The number of phenols is 3. The van der Waals surface area contributed by atoms with Gasteiger partial charge in [0.25, 0.3) is 0 Å². The van der Waals surface area contributed by atoms with Crippen LogP contribution in [0.1, 0.15) is 42.3 Å². The molecule has 2 aromatic rings. The molecule has 2 aromatic carbocycles. The number of hydrogen-bond donors (Lipinski definition) is 3. The summed E-state index contributed by atoms with van der Waals surface area (Å²) in [4.78, 5) is 12.3. The first-order valence-corrected chi connectivity index (χ1v) is 6.61. The molecule has 110 valence electrons. The van der Waals surface area contributed by atoms with E-state index in [1.807, 2.05) is 12.1 Å². The molecule has 0 aromatic heterocycles. The highest BCUT2D eigenvalue weighted by Crippen LogP contribution is 2.38. The summed E-state index contributed by atoms with van der Waals surface area (Å²) in [6, 6.07) is 9.56. The Morgan fingerprint density at radius 2 is 1.43 bits per heavy atom. The normalized spacial score (nSPS) is 11.4. The first-order chi connectivity index (χ1) is 9.71. The molecule has 2 rings (SSSR count). The van der Waals surface area contributed by atoms with E-state index in [4.69, 9.17) is 0 Å². The van der Waals surface area contributed by atoms with E-state index >= 15 is 0 Å². The van der Waals surface area contributed by atoms with E-state index in [2.05, 4.69) is 20.8 Å². The summed E-state index contributed by atoms with van der Waals surface area (Å²) >= 11 is 0. The van der Waals surface area contributed by atoms with Crippen molar-refractivity contribution in [2.75, 3.05) is 0 Å². The van der Waals surface area contributed by atoms with Gasteiger partial charge in [-0.15, -0.1) is 0 Å². The minimum Gasteiger partial charge on any atom is -0.504 e. The second kappa shape index (κ2) is 5.13. The fourth-order valence-corrected chi connectivity index (χ4v) is 2.03. The Morgan fingerprint density at radius 1 is 0.857 bits per heavy atom. The predicted molar refractivity (Wildman–Crippen MR) is 80.0 cm³/mol. The van der Waals surface area contributed by atoms with Crippen LogP contribution in [0.4, 0.5) is 0 Å². The van der Waals surface area contributed by atoms with Crippen LogP contribution >= 0.6 is 0 Å². The molecule has 4 nitrogen and oxygen atoms in total. The lowest BCUT2D eigenvalue weighted by atomic mass is 9.86. The number of benzene rings is 2. The zero-order chi connectivity index (χ0) is 15.8. The summed E-state index contributed by atoms with van der Waals surface area (Å²) in [5.41, 5.74) is 1.44. The van der Waals surface area contributed by atoms with Gasteiger partial charge < -0.3 is 15.3 Å². The summed E-state index contributed by atoms with van der Waals surface area (Å²) in [5.74, 6) is -2.18. The van der Waals surface area contributed by atoms with Crippen molar-refractivity contribution in [3.05, 3.63) is 53.1 Å². The van der Waals surface area contributed by atoms with E-state index in [1.165, 1.54) is 12.1 Å². The molecule has 0 fully saturated rings. The van der Waals surface area contributed by atoms with Crippen molar-refractivity contribution < 1.29 is 20.1 Å². The molecule has 0 aliphatic rings. The van der Waals surface area contributed by atoms with Gasteiger partial charge in [-0.25, -0.2) is 0 Å². The molecular formula is C17H18O4. The first-order valence-electron chi connectivity index (χ1n) is 6.61. The molecule has 3 N–H and O–H groups in total. The smallest absolute Gasteiger partial charge is 0.201 e. The second-order valence-corrected chi connectivity index (χ2v) is 5.99. The Labute approximate surface area is 123 Å². The average Bonchev–Trinajstić information content (AvgIpc) is 2.43. The third-order valence-electron chi connectivity index (χ3n) is 3.39. The summed E-state index contributed by atoms with van der Waals surface area (Å²) in [6.07, 6.45) is 0. The summed E-state index contributed by atoms with van der Waals surface area (Å²) in [7, 11) is 0. The van der Waals surface area contributed by atoms with E-state index < -0.39 is 23.0 Å². The quantitative estimate of drug-likeness (QED) is 0.584. The number of carbonyl (C=O) groups excluding carboxylic acids is 1. The number of phenolic OH excluding ortho intramolecular Hbond substituents is 3. The van der Waals surface area contributed by atoms with E-state index in [-0.39, 0.29) is 11.0 Å². The maximum absolute atomic E-state index is 12.3. The number of carbonyl (C=O) groups is 1. The second-order valence-electron chi connectivity index (χ2n) is 5.99. The maximum atomic E-state index is 12.3. The Balaban J connectivity index is 2.39. The lowest BCUT2D eigenvalue weighted by Crippen LogP contribution is -2.11. The SMILES string of the molecule is CC(C)(C)c1ccc(C(=O)c2ccc(O)c(O)c2O)cc1. The fraction of sp³-hybridized carbons (Fsp3) is 0.235. The van der Waals surface area contributed by atoms with Crippen LogP contribution in [0, 0.1) is 0 Å². The fourth-order valence-electron chi connectivity index (χ4n) is 2.03. The van der Waals surface area contributed by atoms with Crippen LogP contribution in [0.15, 0.2) is 36.4 Å². The van der Waals surface area contributed by atoms with Crippen LogP contribution in [-0.2, 0) is 5.41 Å². The standard InChI is InChI=1S/C17H18O4/c1-17(2,3)11-6-4-10(5-7-11)14(19)12-8-9-13(18)16(21)15(12)20/h4-9,18,20-21H,1-3H3. The molecule has 0 unspecified atom stereocenters. The number of rotatable bonds is 2. The maximum Gasteiger partial charge on any atom is 0.201 e. The summed E-state index contributed by atoms with van der Waals surface area (Å²) < 4.78 is 0. The van der Waals surface area contributed by atoms with Crippen LogP contribution < -0.4 is 0 Å². The Hall–Kier alpha value is -2.49. The molecule has 0 radical (unpaired) electrons. The van der Waals surface area contributed by atoms with Gasteiger partial charge in [0.05, 0.1) is 5.56 Å². The van der Waals surface area contributed by atoms with Crippen LogP contribution in [0.2, 0.25) is 0 Å². The number of aromatic hydroxyl groups is 3. The van der Waals surface area contributed by atoms with Gasteiger partial charge in [-0.2, -0.15) is 0 Å². The van der Waals surface area contributed by atoms with Gasteiger partial charge >= 0.3 is 0 Å². The van der Waals surface area contributed by atoms with Gasteiger partial charge in [0, 0.05) is 5.56 Å². The minimum absolute atomic E-state index is 0.0134. The summed E-state index contributed by atoms with van der Waals surface area (Å²) in [5, 5.41) is 28.5. The summed E-state index contributed by atoms with van der Waals surface area (Å²) in [6.45, 7) is 6.23. The van der Waals surface area contributed by atoms with Gasteiger partial charge in [0.1, 0.15) is 0 Å². The molecule has 0 bridgehead atoms.